The standard InChI is InChI=1S/C28H31FN4O2S/c1-2-20-23(18-7-5-17(6-8-18)4-3-13-32-14-11-30-12-15-32)22(29)16-21-25(20)33(19-9-10-19)28-24(26(21)34)27(35)31-36-28/h5-8,16,19,30H,2-4,9-15H2,1H3,(H,31,35). The molecule has 4 aromatic rings. The largest absolute Gasteiger partial charge is 0.327 e. The van der Waals surface area contributed by atoms with Crippen molar-refractivity contribution in [2.75, 3.05) is 32.7 Å². The number of nitrogens with one attached hydrogen (secondary N) is 2. The van der Waals surface area contributed by atoms with Crippen molar-refractivity contribution >= 4 is 32.7 Å². The minimum Gasteiger partial charge on any atom is -0.327 e. The average Bonchev–Trinajstić information content (AvgIpc) is 3.66. The number of fused-ring (bicyclic) bond motifs is 2. The lowest BCUT2D eigenvalue weighted by Gasteiger charge is -2.27. The van der Waals surface area contributed by atoms with Gasteiger partial charge in [0.2, 0.25) is 5.43 Å². The van der Waals surface area contributed by atoms with E-state index in [9.17, 15) is 9.59 Å². The minimum atomic E-state index is -0.406. The topological polar surface area (TPSA) is 70.1 Å². The lowest BCUT2D eigenvalue weighted by atomic mass is 9.93. The Bertz CT molecular complexity index is 1540. The molecule has 0 radical (unpaired) electrons. The Morgan fingerprint density at radius 1 is 1.11 bits per heavy atom. The van der Waals surface area contributed by atoms with Gasteiger partial charge in [-0.3, -0.25) is 14.0 Å². The van der Waals surface area contributed by atoms with Gasteiger partial charge in [0, 0.05) is 43.2 Å². The average molecular weight is 507 g/mol. The van der Waals surface area contributed by atoms with E-state index in [-0.39, 0.29) is 22.4 Å². The summed E-state index contributed by atoms with van der Waals surface area (Å²) in [6.07, 6.45) is 4.69. The fourth-order valence-corrected chi connectivity index (χ4v) is 6.58. The van der Waals surface area contributed by atoms with E-state index >= 15 is 4.39 Å². The summed E-state index contributed by atoms with van der Waals surface area (Å²) in [6.45, 7) is 7.45. The van der Waals surface area contributed by atoms with Gasteiger partial charge in [0.05, 0.1) is 5.52 Å². The molecular weight excluding hydrogens is 475 g/mol. The van der Waals surface area contributed by atoms with Crippen molar-refractivity contribution < 1.29 is 4.39 Å². The summed E-state index contributed by atoms with van der Waals surface area (Å²) in [5.74, 6) is -0.406. The number of rotatable bonds is 7. The Kier molecular flexibility index (Phi) is 6.27. The first-order valence-corrected chi connectivity index (χ1v) is 13.8. The highest BCUT2D eigenvalue weighted by atomic mass is 32.1. The van der Waals surface area contributed by atoms with Gasteiger partial charge in [0.15, 0.2) is 0 Å². The van der Waals surface area contributed by atoms with Crippen LogP contribution in [0, 0.1) is 5.82 Å². The Morgan fingerprint density at radius 3 is 2.56 bits per heavy atom. The fraction of sp³-hybridized carbons (Fsp3) is 0.429. The number of aromatic nitrogens is 2. The fourth-order valence-electron chi connectivity index (χ4n) is 5.66. The number of benzene rings is 2. The third kappa shape index (κ3) is 4.11. The second kappa shape index (κ2) is 9.57. The molecule has 3 heterocycles. The molecule has 0 bridgehead atoms. The van der Waals surface area contributed by atoms with Crippen LogP contribution in [-0.2, 0) is 12.8 Å². The van der Waals surface area contributed by atoms with Gasteiger partial charge in [0.25, 0.3) is 5.56 Å². The normalized spacial score (nSPS) is 16.8. The zero-order chi connectivity index (χ0) is 24.8. The number of nitrogens with zero attached hydrogens (tertiary/aromatic N) is 2. The van der Waals surface area contributed by atoms with Crippen molar-refractivity contribution in [2.24, 2.45) is 0 Å². The molecule has 1 saturated carbocycles. The van der Waals surface area contributed by atoms with Gasteiger partial charge in [-0.25, -0.2) is 4.39 Å². The minimum absolute atomic E-state index is 0.152. The van der Waals surface area contributed by atoms with E-state index in [0.29, 0.717) is 22.2 Å². The van der Waals surface area contributed by atoms with E-state index in [1.807, 2.05) is 19.1 Å². The predicted octanol–water partition coefficient (Wildman–Crippen LogP) is 4.45. The molecule has 0 spiro atoms. The van der Waals surface area contributed by atoms with Crippen molar-refractivity contribution in [1.82, 2.24) is 19.2 Å². The van der Waals surface area contributed by atoms with Crippen molar-refractivity contribution in [3.05, 3.63) is 67.9 Å². The summed E-state index contributed by atoms with van der Waals surface area (Å²) < 4.78 is 20.5. The SMILES string of the molecule is CCc1c(-c2ccc(CCCN3CCNCC3)cc2)c(F)cc2c(=O)c3c(=O)[nH]sc3n(C3CC3)c12. The van der Waals surface area contributed by atoms with E-state index < -0.39 is 5.82 Å². The smallest absolute Gasteiger partial charge is 0.271 e. The van der Waals surface area contributed by atoms with Crippen molar-refractivity contribution in [1.29, 1.82) is 0 Å². The molecule has 1 saturated heterocycles. The van der Waals surface area contributed by atoms with Crippen molar-refractivity contribution in [3.63, 3.8) is 0 Å². The molecule has 0 atom stereocenters. The third-order valence-corrected chi connectivity index (χ3v) is 8.50. The number of aromatic amines is 1. The van der Waals surface area contributed by atoms with Gasteiger partial charge in [-0.1, -0.05) is 31.2 Å². The molecule has 1 aliphatic carbocycles. The molecule has 36 heavy (non-hydrogen) atoms. The van der Waals surface area contributed by atoms with Crippen LogP contribution < -0.4 is 16.3 Å². The summed E-state index contributed by atoms with van der Waals surface area (Å²) in [4.78, 5) is 28.9. The molecule has 2 N–H and O–H groups in total. The van der Waals surface area contributed by atoms with Crippen LogP contribution >= 0.6 is 11.5 Å². The first kappa shape index (κ1) is 23.6. The number of H-pyrrole nitrogens is 1. The third-order valence-electron chi connectivity index (χ3n) is 7.62. The molecule has 6 nitrogen and oxygen atoms in total. The van der Waals surface area contributed by atoms with Crippen LogP contribution in [0.1, 0.15) is 43.4 Å². The summed E-state index contributed by atoms with van der Waals surface area (Å²) in [5.41, 5.74) is 3.50. The number of halogens is 1. The van der Waals surface area contributed by atoms with Gasteiger partial charge >= 0.3 is 0 Å². The molecule has 2 aliphatic rings. The maximum absolute atomic E-state index is 15.7. The van der Waals surface area contributed by atoms with Gasteiger partial charge in [-0.15, -0.1) is 0 Å². The monoisotopic (exact) mass is 506 g/mol. The summed E-state index contributed by atoms with van der Waals surface area (Å²) in [5, 5.41) is 3.85. The van der Waals surface area contributed by atoms with Crippen LogP contribution in [0.3, 0.4) is 0 Å². The summed E-state index contributed by atoms with van der Waals surface area (Å²) >= 11 is 1.21. The highest BCUT2D eigenvalue weighted by molar-refractivity contribution is 7.12. The first-order valence-electron chi connectivity index (χ1n) is 13.0. The molecule has 8 heteroatoms. The van der Waals surface area contributed by atoms with E-state index in [1.54, 1.807) is 0 Å². The van der Waals surface area contributed by atoms with Crippen LogP contribution in [0.2, 0.25) is 0 Å². The first-order chi connectivity index (χ1) is 17.6. The van der Waals surface area contributed by atoms with Crippen LogP contribution in [0.5, 0.6) is 0 Å². The Morgan fingerprint density at radius 2 is 1.86 bits per heavy atom. The Labute approximate surface area is 212 Å². The number of aryl methyl sites for hydroxylation is 2. The summed E-state index contributed by atoms with van der Waals surface area (Å²) in [6, 6.07) is 9.82. The lowest BCUT2D eigenvalue weighted by Crippen LogP contribution is -2.43. The molecule has 0 unspecified atom stereocenters. The maximum Gasteiger partial charge on any atom is 0.271 e. The van der Waals surface area contributed by atoms with E-state index in [1.165, 1.54) is 23.2 Å². The Hall–Kier alpha value is -2.81. The molecule has 1 aliphatic heterocycles. The van der Waals surface area contributed by atoms with E-state index in [2.05, 4.69) is 31.3 Å². The van der Waals surface area contributed by atoms with Gasteiger partial charge in [-0.2, -0.15) is 0 Å². The molecule has 2 aromatic heterocycles. The highest BCUT2D eigenvalue weighted by Gasteiger charge is 2.31. The number of hydrogen-bond donors (Lipinski definition) is 2. The van der Waals surface area contributed by atoms with Crippen LogP contribution in [0.15, 0.2) is 39.9 Å². The quantitative estimate of drug-likeness (QED) is 0.389. The lowest BCUT2D eigenvalue weighted by molar-refractivity contribution is 0.238. The second-order valence-electron chi connectivity index (χ2n) is 10.00. The number of piperazine rings is 1. The molecule has 2 fully saturated rings. The molecular formula is C28H31FN4O2S. The van der Waals surface area contributed by atoms with Crippen LogP contribution in [-0.4, -0.2) is 46.6 Å². The van der Waals surface area contributed by atoms with Gasteiger partial charge in [0.1, 0.15) is 16.0 Å². The molecule has 0 amide bonds. The number of pyridine rings is 1. The van der Waals surface area contributed by atoms with Gasteiger partial charge < -0.3 is 14.8 Å². The Balaban J connectivity index is 1.39. The zero-order valence-electron chi connectivity index (χ0n) is 20.5. The van der Waals surface area contributed by atoms with Crippen molar-refractivity contribution in [3.8, 4) is 11.1 Å². The molecule has 2 aromatic carbocycles. The van der Waals surface area contributed by atoms with E-state index in [0.717, 1.165) is 75.1 Å². The zero-order valence-corrected chi connectivity index (χ0v) is 21.3. The highest BCUT2D eigenvalue weighted by Crippen LogP contribution is 2.42. The second-order valence-corrected chi connectivity index (χ2v) is 10.8. The van der Waals surface area contributed by atoms with E-state index in [4.69, 9.17) is 0 Å². The molecule has 6 rings (SSSR count). The van der Waals surface area contributed by atoms with Crippen molar-refractivity contribution in [2.45, 2.75) is 45.1 Å². The van der Waals surface area contributed by atoms with Gasteiger partial charge in [-0.05, 0) is 72.9 Å². The summed E-state index contributed by atoms with van der Waals surface area (Å²) in [7, 11) is 0. The maximum atomic E-state index is 15.7. The van der Waals surface area contributed by atoms with Crippen LogP contribution in [0.25, 0.3) is 32.2 Å². The van der Waals surface area contributed by atoms with Crippen LogP contribution in [0.4, 0.5) is 4.39 Å². The molecule has 188 valence electrons. The number of hydrogen-bond acceptors (Lipinski definition) is 5. The predicted molar refractivity (Wildman–Crippen MR) is 145 cm³/mol.